The number of likely N-dealkylation sites (tertiary alicyclic amines) is 2. The van der Waals surface area contributed by atoms with Gasteiger partial charge in [0.05, 0.1) is 6.04 Å². The fourth-order valence-electron chi connectivity index (χ4n) is 6.30. The summed E-state index contributed by atoms with van der Waals surface area (Å²) in [5.74, 6) is 0.242. The summed E-state index contributed by atoms with van der Waals surface area (Å²) in [7, 11) is 4.41. The third kappa shape index (κ3) is 4.76. The van der Waals surface area contributed by atoms with Crippen LogP contribution in [0.1, 0.15) is 36.0 Å². The fourth-order valence-corrected chi connectivity index (χ4v) is 6.42. The van der Waals surface area contributed by atoms with E-state index in [-0.39, 0.29) is 17.5 Å². The molecule has 2 saturated heterocycles. The summed E-state index contributed by atoms with van der Waals surface area (Å²) >= 11 is 6.10. The van der Waals surface area contributed by atoms with Crippen LogP contribution in [0, 0.1) is 0 Å². The largest absolute Gasteiger partial charge is 0.341 e. The van der Waals surface area contributed by atoms with Gasteiger partial charge in [0.15, 0.2) is 0 Å². The van der Waals surface area contributed by atoms with E-state index in [1.807, 2.05) is 24.3 Å². The third-order valence-corrected chi connectivity index (χ3v) is 8.60. The van der Waals surface area contributed by atoms with Gasteiger partial charge in [-0.2, -0.15) is 0 Å². The summed E-state index contributed by atoms with van der Waals surface area (Å²) in [6.45, 7) is 4.77. The van der Waals surface area contributed by atoms with Gasteiger partial charge < -0.3 is 15.1 Å². The number of carbonyl (C=O) groups is 1. The summed E-state index contributed by atoms with van der Waals surface area (Å²) in [5.41, 5.74) is 4.16. The molecule has 1 spiro atoms. The van der Waals surface area contributed by atoms with Crippen molar-refractivity contribution in [3.8, 4) is 0 Å². The quantitative estimate of drug-likeness (QED) is 0.710. The monoisotopic (exact) mass is 480 g/mol. The zero-order valence-corrected chi connectivity index (χ0v) is 21.2. The number of halogens is 1. The predicted molar refractivity (Wildman–Crippen MR) is 138 cm³/mol. The molecule has 0 aromatic heterocycles. The number of rotatable bonds is 5. The van der Waals surface area contributed by atoms with Gasteiger partial charge in [0.2, 0.25) is 5.91 Å². The number of hydrogen-bond acceptors (Lipinski definition) is 4. The molecule has 3 aliphatic heterocycles. The molecule has 2 fully saturated rings. The van der Waals surface area contributed by atoms with Gasteiger partial charge in [-0.3, -0.25) is 9.69 Å². The van der Waals surface area contributed by atoms with Crippen LogP contribution < -0.4 is 5.32 Å². The molecule has 1 unspecified atom stereocenters. The number of carbonyl (C=O) groups excluding carboxylic acids is 1. The molecule has 182 valence electrons. The highest BCUT2D eigenvalue weighted by Crippen LogP contribution is 2.42. The standard InChI is InChI=1S/C28H37ClN4O/c1-31-15-12-24(20-31)30-26(19-21-7-9-23(29)10-8-21)27(34)33-17-13-28(14-18-33)25-6-4-3-5-22(25)11-16-32(28)2/h3-10,24,26,30H,11-20H2,1-2H3/t24?,26-/m1/s1. The molecule has 34 heavy (non-hydrogen) atoms. The lowest BCUT2D eigenvalue weighted by atomic mass is 9.74. The van der Waals surface area contributed by atoms with Gasteiger partial charge in [-0.25, -0.2) is 0 Å². The minimum atomic E-state index is -0.205. The van der Waals surface area contributed by atoms with E-state index in [0.29, 0.717) is 12.5 Å². The van der Waals surface area contributed by atoms with Crippen LogP contribution in [-0.2, 0) is 23.2 Å². The lowest BCUT2D eigenvalue weighted by molar-refractivity contribution is -0.136. The summed E-state index contributed by atoms with van der Waals surface area (Å²) in [6.07, 6.45) is 4.88. The zero-order valence-electron chi connectivity index (χ0n) is 20.5. The number of piperidine rings is 1. The van der Waals surface area contributed by atoms with Crippen LogP contribution in [0.25, 0.3) is 0 Å². The van der Waals surface area contributed by atoms with Crippen molar-refractivity contribution >= 4 is 17.5 Å². The Bertz CT molecular complexity index is 1000. The molecule has 2 aromatic rings. The highest BCUT2D eigenvalue weighted by Gasteiger charge is 2.44. The molecule has 3 aliphatic rings. The number of fused-ring (bicyclic) bond motifs is 2. The second-order valence-electron chi connectivity index (χ2n) is 10.5. The van der Waals surface area contributed by atoms with Gasteiger partial charge in [-0.05, 0) is 81.6 Å². The summed E-state index contributed by atoms with van der Waals surface area (Å²) in [4.78, 5) is 20.8. The first-order chi connectivity index (χ1) is 16.4. The van der Waals surface area contributed by atoms with Crippen LogP contribution >= 0.6 is 11.6 Å². The van der Waals surface area contributed by atoms with E-state index in [0.717, 1.165) is 69.0 Å². The van der Waals surface area contributed by atoms with Gasteiger partial charge in [0.25, 0.3) is 0 Å². The van der Waals surface area contributed by atoms with Crippen molar-refractivity contribution in [2.75, 3.05) is 46.8 Å². The predicted octanol–water partition coefficient (Wildman–Crippen LogP) is 3.55. The van der Waals surface area contributed by atoms with E-state index in [4.69, 9.17) is 11.6 Å². The van der Waals surface area contributed by atoms with Crippen molar-refractivity contribution in [1.29, 1.82) is 0 Å². The summed E-state index contributed by atoms with van der Waals surface area (Å²) < 4.78 is 0. The number of likely N-dealkylation sites (N-methyl/N-ethyl adjacent to an activating group) is 2. The first kappa shape index (κ1) is 23.8. The van der Waals surface area contributed by atoms with Crippen molar-refractivity contribution in [3.63, 3.8) is 0 Å². The topological polar surface area (TPSA) is 38.8 Å². The lowest BCUT2D eigenvalue weighted by Crippen LogP contribution is -2.58. The average Bonchev–Trinajstić information content (AvgIpc) is 3.27. The van der Waals surface area contributed by atoms with Gasteiger partial charge in [-0.15, -0.1) is 0 Å². The van der Waals surface area contributed by atoms with E-state index in [2.05, 4.69) is 58.4 Å². The summed E-state index contributed by atoms with van der Waals surface area (Å²) in [5, 5.41) is 4.46. The Labute approximate surface area is 209 Å². The van der Waals surface area contributed by atoms with E-state index >= 15 is 0 Å². The van der Waals surface area contributed by atoms with Crippen molar-refractivity contribution in [2.24, 2.45) is 0 Å². The smallest absolute Gasteiger partial charge is 0.240 e. The van der Waals surface area contributed by atoms with Crippen LogP contribution in [0.3, 0.4) is 0 Å². The molecular formula is C28H37ClN4O. The molecule has 0 aliphatic carbocycles. The molecule has 0 radical (unpaired) electrons. The van der Waals surface area contributed by atoms with Crippen molar-refractivity contribution < 1.29 is 4.79 Å². The van der Waals surface area contributed by atoms with Crippen molar-refractivity contribution in [1.82, 2.24) is 20.0 Å². The number of benzene rings is 2. The Morgan fingerprint density at radius 2 is 1.79 bits per heavy atom. The maximum atomic E-state index is 13.8. The Kier molecular flexibility index (Phi) is 6.99. The molecule has 2 atom stereocenters. The highest BCUT2D eigenvalue weighted by atomic mass is 35.5. The average molecular weight is 481 g/mol. The molecule has 2 aromatic carbocycles. The maximum absolute atomic E-state index is 13.8. The highest BCUT2D eigenvalue weighted by molar-refractivity contribution is 6.30. The molecule has 3 heterocycles. The summed E-state index contributed by atoms with van der Waals surface area (Å²) in [6, 6.07) is 17.0. The van der Waals surface area contributed by atoms with E-state index < -0.39 is 0 Å². The molecule has 5 nitrogen and oxygen atoms in total. The van der Waals surface area contributed by atoms with Gasteiger partial charge in [0.1, 0.15) is 0 Å². The second kappa shape index (κ2) is 9.98. The fraction of sp³-hybridized carbons (Fsp3) is 0.536. The van der Waals surface area contributed by atoms with Crippen LogP contribution in [-0.4, -0.2) is 79.5 Å². The molecule has 1 amide bonds. The minimum Gasteiger partial charge on any atom is -0.341 e. The number of hydrogen-bond donors (Lipinski definition) is 1. The van der Waals surface area contributed by atoms with Gasteiger partial charge >= 0.3 is 0 Å². The normalized spacial score (nSPS) is 23.7. The first-order valence-electron chi connectivity index (χ1n) is 12.7. The van der Waals surface area contributed by atoms with Crippen LogP contribution in [0.2, 0.25) is 5.02 Å². The molecule has 1 N–H and O–H groups in total. The SMILES string of the molecule is CN1CCC(N[C@H](Cc2ccc(Cl)cc2)C(=O)N2CCC3(CC2)c2ccccc2CCN3C)C1. The number of nitrogens with one attached hydrogen (secondary N) is 1. The van der Waals surface area contributed by atoms with Crippen LogP contribution in [0.15, 0.2) is 48.5 Å². The first-order valence-corrected chi connectivity index (χ1v) is 13.1. The maximum Gasteiger partial charge on any atom is 0.240 e. The van der Waals surface area contributed by atoms with Gasteiger partial charge in [0, 0.05) is 42.8 Å². The molecule has 0 saturated carbocycles. The van der Waals surface area contributed by atoms with Crippen molar-refractivity contribution in [3.05, 3.63) is 70.2 Å². The van der Waals surface area contributed by atoms with Crippen LogP contribution in [0.4, 0.5) is 0 Å². The van der Waals surface area contributed by atoms with Gasteiger partial charge in [-0.1, -0.05) is 48.0 Å². The Morgan fingerprint density at radius 1 is 1.06 bits per heavy atom. The van der Waals surface area contributed by atoms with Crippen molar-refractivity contribution in [2.45, 2.75) is 49.7 Å². The van der Waals surface area contributed by atoms with E-state index in [1.165, 1.54) is 11.1 Å². The molecule has 0 bridgehead atoms. The molecule has 6 heteroatoms. The van der Waals surface area contributed by atoms with E-state index in [9.17, 15) is 4.79 Å². The molecule has 5 rings (SSSR count). The number of amides is 1. The van der Waals surface area contributed by atoms with Crippen LogP contribution in [0.5, 0.6) is 0 Å². The van der Waals surface area contributed by atoms with E-state index in [1.54, 1.807) is 0 Å². The second-order valence-corrected chi connectivity index (χ2v) is 10.9. The zero-order chi connectivity index (χ0) is 23.7. The Morgan fingerprint density at radius 3 is 2.50 bits per heavy atom. The Hall–Kier alpha value is -1.92. The lowest BCUT2D eigenvalue weighted by Gasteiger charge is -2.51. The number of nitrogens with zero attached hydrogens (tertiary/aromatic N) is 3. The Balaban J connectivity index is 1.31. The molecular weight excluding hydrogens is 444 g/mol. The third-order valence-electron chi connectivity index (χ3n) is 8.35. The minimum absolute atomic E-state index is 0.0545.